The molecule has 0 saturated carbocycles. The molecule has 0 fully saturated rings. The quantitative estimate of drug-likeness (QED) is 0.690. The topological polar surface area (TPSA) is 60.0 Å². The predicted molar refractivity (Wildman–Crippen MR) is 50.7 cm³/mol. The van der Waals surface area contributed by atoms with Crippen molar-refractivity contribution >= 4 is 5.82 Å². The molecule has 0 saturated heterocycles. The summed E-state index contributed by atoms with van der Waals surface area (Å²) in [6, 6.07) is 0. The average molecular weight is 181 g/mol. The van der Waals surface area contributed by atoms with E-state index in [9.17, 15) is 0 Å². The molecule has 1 aromatic heterocycles. The second-order valence-corrected chi connectivity index (χ2v) is 3.40. The monoisotopic (exact) mass is 181 g/mol. The standard InChI is InChI=1S/C8H15N5/c1-12-5-6-13-8(12)7(10-11-13)3-2-4-9/h2-6,9H2,1H3. The Labute approximate surface area is 77.5 Å². The molecular formula is C8H15N5. The Morgan fingerprint density at radius 3 is 3.08 bits per heavy atom. The van der Waals surface area contributed by atoms with Crippen LogP contribution in [-0.2, 0) is 13.0 Å². The fourth-order valence-corrected chi connectivity index (χ4v) is 1.69. The zero-order valence-corrected chi connectivity index (χ0v) is 7.90. The van der Waals surface area contributed by atoms with Crippen molar-refractivity contribution in [2.24, 2.45) is 5.73 Å². The van der Waals surface area contributed by atoms with Gasteiger partial charge in [-0.25, -0.2) is 4.68 Å². The molecule has 1 aromatic rings. The van der Waals surface area contributed by atoms with Gasteiger partial charge in [-0.15, -0.1) is 5.10 Å². The van der Waals surface area contributed by atoms with Crippen LogP contribution in [0.1, 0.15) is 12.1 Å². The summed E-state index contributed by atoms with van der Waals surface area (Å²) < 4.78 is 1.96. The number of hydrogen-bond acceptors (Lipinski definition) is 4. The summed E-state index contributed by atoms with van der Waals surface area (Å²) >= 11 is 0. The third kappa shape index (κ3) is 1.39. The van der Waals surface area contributed by atoms with Gasteiger partial charge < -0.3 is 10.6 Å². The maximum absolute atomic E-state index is 5.46. The molecule has 0 spiro atoms. The smallest absolute Gasteiger partial charge is 0.150 e. The van der Waals surface area contributed by atoms with E-state index in [0.717, 1.165) is 38.2 Å². The van der Waals surface area contributed by atoms with Crippen LogP contribution < -0.4 is 10.6 Å². The van der Waals surface area contributed by atoms with Gasteiger partial charge in [0.1, 0.15) is 5.69 Å². The summed E-state index contributed by atoms with van der Waals surface area (Å²) in [6.45, 7) is 2.72. The lowest BCUT2D eigenvalue weighted by atomic mass is 10.2. The molecule has 1 aliphatic rings. The lowest BCUT2D eigenvalue weighted by Crippen LogP contribution is -2.14. The number of likely N-dealkylation sites (N-methyl/N-ethyl adjacent to an activating group) is 1. The lowest BCUT2D eigenvalue weighted by Gasteiger charge is -2.09. The van der Waals surface area contributed by atoms with Crippen molar-refractivity contribution in [2.45, 2.75) is 19.4 Å². The van der Waals surface area contributed by atoms with Crippen molar-refractivity contribution in [1.82, 2.24) is 15.0 Å². The van der Waals surface area contributed by atoms with Crippen LogP contribution in [-0.4, -0.2) is 35.1 Å². The van der Waals surface area contributed by atoms with E-state index in [1.807, 2.05) is 4.68 Å². The first-order chi connectivity index (χ1) is 6.33. The summed E-state index contributed by atoms with van der Waals surface area (Å²) in [5, 5.41) is 8.23. The molecule has 0 bridgehead atoms. The van der Waals surface area contributed by atoms with Gasteiger partial charge in [-0.2, -0.15) is 0 Å². The average Bonchev–Trinajstić information content (AvgIpc) is 2.67. The Kier molecular flexibility index (Phi) is 2.18. The van der Waals surface area contributed by atoms with E-state index < -0.39 is 0 Å². The summed E-state index contributed by atoms with van der Waals surface area (Å²) in [6.07, 6.45) is 1.93. The highest BCUT2D eigenvalue weighted by Crippen LogP contribution is 2.22. The number of fused-ring (bicyclic) bond motifs is 1. The van der Waals surface area contributed by atoms with Crippen LogP contribution in [0.25, 0.3) is 0 Å². The van der Waals surface area contributed by atoms with Gasteiger partial charge in [-0.3, -0.25) is 0 Å². The second-order valence-electron chi connectivity index (χ2n) is 3.40. The summed E-state index contributed by atoms with van der Waals surface area (Å²) in [5.74, 6) is 1.17. The molecule has 72 valence electrons. The van der Waals surface area contributed by atoms with Crippen LogP contribution in [0.2, 0.25) is 0 Å². The minimum atomic E-state index is 0.718. The Bertz CT molecular complexity index is 293. The third-order valence-corrected chi connectivity index (χ3v) is 2.40. The van der Waals surface area contributed by atoms with Crippen molar-refractivity contribution in [3.63, 3.8) is 0 Å². The Hall–Kier alpha value is -1.10. The number of nitrogens with zero attached hydrogens (tertiary/aromatic N) is 4. The number of aryl methyl sites for hydroxylation is 1. The van der Waals surface area contributed by atoms with Crippen LogP contribution in [0.5, 0.6) is 0 Å². The molecule has 0 radical (unpaired) electrons. The van der Waals surface area contributed by atoms with Gasteiger partial charge in [0.2, 0.25) is 0 Å². The van der Waals surface area contributed by atoms with Crippen molar-refractivity contribution < 1.29 is 0 Å². The molecule has 0 amide bonds. The molecule has 5 nitrogen and oxygen atoms in total. The molecule has 0 aliphatic carbocycles. The molecule has 13 heavy (non-hydrogen) atoms. The maximum Gasteiger partial charge on any atom is 0.150 e. The van der Waals surface area contributed by atoms with E-state index >= 15 is 0 Å². The first-order valence-electron chi connectivity index (χ1n) is 4.66. The molecule has 2 rings (SSSR count). The summed E-state index contributed by atoms with van der Waals surface area (Å²) in [4.78, 5) is 2.20. The van der Waals surface area contributed by atoms with Gasteiger partial charge in [0.15, 0.2) is 5.82 Å². The molecule has 1 aliphatic heterocycles. The first kappa shape index (κ1) is 8.50. The largest absolute Gasteiger partial charge is 0.356 e. The number of nitrogens with two attached hydrogens (primary N) is 1. The van der Waals surface area contributed by atoms with E-state index in [1.165, 1.54) is 5.82 Å². The highest BCUT2D eigenvalue weighted by molar-refractivity contribution is 5.45. The third-order valence-electron chi connectivity index (χ3n) is 2.40. The van der Waals surface area contributed by atoms with E-state index in [4.69, 9.17) is 5.73 Å². The number of anilines is 1. The SMILES string of the molecule is CN1CCn2nnc(CCCN)c21. The van der Waals surface area contributed by atoms with Crippen LogP contribution in [0, 0.1) is 0 Å². The van der Waals surface area contributed by atoms with Gasteiger partial charge in [0, 0.05) is 13.6 Å². The summed E-state index contributed by atoms with van der Waals surface area (Å²) in [7, 11) is 2.08. The van der Waals surface area contributed by atoms with Gasteiger partial charge in [-0.05, 0) is 19.4 Å². The minimum absolute atomic E-state index is 0.718. The minimum Gasteiger partial charge on any atom is -0.356 e. The summed E-state index contributed by atoms with van der Waals surface area (Å²) in [5.41, 5.74) is 6.54. The second kappa shape index (κ2) is 3.33. The zero-order chi connectivity index (χ0) is 9.26. The van der Waals surface area contributed by atoms with Crippen LogP contribution >= 0.6 is 0 Å². The Morgan fingerprint density at radius 2 is 2.31 bits per heavy atom. The van der Waals surface area contributed by atoms with Gasteiger partial charge in [0.25, 0.3) is 0 Å². The van der Waals surface area contributed by atoms with Crippen LogP contribution in [0.15, 0.2) is 0 Å². The molecule has 5 heteroatoms. The van der Waals surface area contributed by atoms with Gasteiger partial charge in [0.05, 0.1) is 6.54 Å². The Morgan fingerprint density at radius 1 is 1.46 bits per heavy atom. The fraction of sp³-hybridized carbons (Fsp3) is 0.750. The molecule has 2 heterocycles. The fourth-order valence-electron chi connectivity index (χ4n) is 1.69. The zero-order valence-electron chi connectivity index (χ0n) is 7.90. The number of hydrogen-bond donors (Lipinski definition) is 1. The van der Waals surface area contributed by atoms with Crippen LogP contribution in [0.3, 0.4) is 0 Å². The van der Waals surface area contributed by atoms with Crippen LogP contribution in [0.4, 0.5) is 5.82 Å². The predicted octanol–water partition coefficient (Wildman–Crippen LogP) is -0.381. The van der Waals surface area contributed by atoms with E-state index in [1.54, 1.807) is 0 Å². The van der Waals surface area contributed by atoms with E-state index in [0.29, 0.717) is 0 Å². The molecule has 2 N–H and O–H groups in total. The first-order valence-corrected chi connectivity index (χ1v) is 4.66. The molecule has 0 unspecified atom stereocenters. The lowest BCUT2D eigenvalue weighted by molar-refractivity contribution is 0.647. The normalized spacial score (nSPS) is 15.1. The van der Waals surface area contributed by atoms with E-state index in [2.05, 4.69) is 22.3 Å². The van der Waals surface area contributed by atoms with Crippen molar-refractivity contribution in [1.29, 1.82) is 0 Å². The molecule has 0 atom stereocenters. The van der Waals surface area contributed by atoms with Crippen molar-refractivity contribution in [2.75, 3.05) is 25.0 Å². The Balaban J connectivity index is 2.18. The molecular weight excluding hydrogens is 166 g/mol. The van der Waals surface area contributed by atoms with Gasteiger partial charge in [-0.1, -0.05) is 5.21 Å². The maximum atomic E-state index is 5.46. The highest BCUT2D eigenvalue weighted by atomic mass is 15.5. The molecule has 0 aromatic carbocycles. The number of aromatic nitrogens is 3. The van der Waals surface area contributed by atoms with E-state index in [-0.39, 0.29) is 0 Å². The van der Waals surface area contributed by atoms with Crippen molar-refractivity contribution in [3.8, 4) is 0 Å². The van der Waals surface area contributed by atoms with Gasteiger partial charge >= 0.3 is 0 Å². The van der Waals surface area contributed by atoms with Crippen molar-refractivity contribution in [3.05, 3.63) is 5.69 Å². The number of rotatable bonds is 3. The highest BCUT2D eigenvalue weighted by Gasteiger charge is 2.21.